The highest BCUT2D eigenvalue weighted by molar-refractivity contribution is 6.34. The van der Waals surface area contributed by atoms with Crippen LogP contribution in [0.2, 0.25) is 10.0 Å². The number of amides is 1. The number of hydrogen-bond acceptors (Lipinski definition) is 2. The van der Waals surface area contributed by atoms with Gasteiger partial charge in [-0.15, -0.1) is 0 Å². The van der Waals surface area contributed by atoms with E-state index >= 15 is 0 Å². The molecule has 5 heteroatoms. The predicted octanol–water partition coefficient (Wildman–Crippen LogP) is 6.10. The van der Waals surface area contributed by atoms with Gasteiger partial charge in [0.2, 0.25) is 0 Å². The van der Waals surface area contributed by atoms with Crippen molar-refractivity contribution >= 4 is 34.8 Å². The van der Waals surface area contributed by atoms with Crippen molar-refractivity contribution in [2.45, 2.75) is 19.5 Å². The van der Waals surface area contributed by atoms with Gasteiger partial charge in [-0.05, 0) is 48.4 Å². The quantitative estimate of drug-likeness (QED) is 0.526. The van der Waals surface area contributed by atoms with Gasteiger partial charge in [-0.1, -0.05) is 65.7 Å². The Hall–Kier alpha value is -2.33. The van der Waals surface area contributed by atoms with E-state index in [4.69, 9.17) is 23.2 Å². The Balaban J connectivity index is 1.65. The molecule has 0 radical (unpaired) electrons. The smallest absolute Gasteiger partial charge is 0.257 e. The van der Waals surface area contributed by atoms with Crippen LogP contribution in [-0.2, 0) is 6.54 Å². The number of benzene rings is 3. The molecule has 3 aromatic rings. The molecule has 138 valence electrons. The first-order valence-corrected chi connectivity index (χ1v) is 9.43. The Morgan fingerprint density at radius 1 is 0.926 bits per heavy atom. The highest BCUT2D eigenvalue weighted by Gasteiger charge is 2.11. The lowest BCUT2D eigenvalue weighted by atomic mass is 10.1. The zero-order valence-corrected chi connectivity index (χ0v) is 16.4. The third-order valence-corrected chi connectivity index (χ3v) is 4.96. The molecule has 3 aromatic carbocycles. The minimum atomic E-state index is -0.227. The van der Waals surface area contributed by atoms with Crippen LogP contribution in [0.15, 0.2) is 72.8 Å². The minimum Gasteiger partial charge on any atom is -0.322 e. The third kappa shape index (κ3) is 5.10. The maximum atomic E-state index is 12.4. The molecule has 1 amide bonds. The molecule has 0 saturated heterocycles. The van der Waals surface area contributed by atoms with E-state index in [1.807, 2.05) is 48.5 Å². The topological polar surface area (TPSA) is 41.1 Å². The van der Waals surface area contributed by atoms with Crippen LogP contribution in [0, 0.1) is 0 Å². The maximum absolute atomic E-state index is 12.4. The van der Waals surface area contributed by atoms with Crippen LogP contribution < -0.4 is 10.6 Å². The summed E-state index contributed by atoms with van der Waals surface area (Å²) in [5, 5.41) is 7.53. The second-order valence-corrected chi connectivity index (χ2v) is 7.07. The van der Waals surface area contributed by atoms with Crippen molar-refractivity contribution in [1.82, 2.24) is 5.32 Å². The van der Waals surface area contributed by atoms with E-state index in [2.05, 4.69) is 17.6 Å². The van der Waals surface area contributed by atoms with E-state index in [0.29, 0.717) is 17.1 Å². The molecule has 3 rings (SSSR count). The summed E-state index contributed by atoms with van der Waals surface area (Å²) < 4.78 is 0. The van der Waals surface area contributed by atoms with Gasteiger partial charge < -0.3 is 10.6 Å². The normalized spacial score (nSPS) is 11.8. The van der Waals surface area contributed by atoms with Crippen molar-refractivity contribution in [1.29, 1.82) is 0 Å². The monoisotopic (exact) mass is 398 g/mol. The number of carbonyl (C=O) groups is 1. The molecule has 3 nitrogen and oxygen atoms in total. The van der Waals surface area contributed by atoms with Crippen LogP contribution in [0.25, 0.3) is 0 Å². The molecule has 0 aliphatic heterocycles. The van der Waals surface area contributed by atoms with Crippen LogP contribution in [0.3, 0.4) is 0 Å². The fourth-order valence-corrected chi connectivity index (χ4v) is 3.33. The van der Waals surface area contributed by atoms with Crippen molar-refractivity contribution in [3.05, 3.63) is 99.5 Å². The molecule has 0 spiro atoms. The molecule has 0 aliphatic carbocycles. The van der Waals surface area contributed by atoms with Crippen LogP contribution in [0.5, 0.6) is 0 Å². The standard InChI is InChI=1S/C22H20Cl2N2O/c1-15(18-9-2-4-11-20(18)23)25-14-16-7-6-8-17(13-16)26-22(27)19-10-3-5-12-21(19)24/h2-13,15,25H,14H2,1H3,(H,26,27)/t15-/m0/s1. The summed E-state index contributed by atoms with van der Waals surface area (Å²) in [5.41, 5.74) is 3.30. The van der Waals surface area contributed by atoms with Crippen LogP contribution in [0.1, 0.15) is 34.5 Å². The van der Waals surface area contributed by atoms with Crippen molar-refractivity contribution in [3.63, 3.8) is 0 Å². The van der Waals surface area contributed by atoms with E-state index < -0.39 is 0 Å². The first-order valence-electron chi connectivity index (χ1n) is 8.67. The van der Waals surface area contributed by atoms with Crippen LogP contribution >= 0.6 is 23.2 Å². The fraction of sp³-hybridized carbons (Fsp3) is 0.136. The minimum absolute atomic E-state index is 0.111. The van der Waals surface area contributed by atoms with Gasteiger partial charge in [0.1, 0.15) is 0 Å². The largest absolute Gasteiger partial charge is 0.322 e. The first-order chi connectivity index (χ1) is 13.0. The van der Waals surface area contributed by atoms with Crippen molar-refractivity contribution in [3.8, 4) is 0 Å². The average molecular weight is 399 g/mol. The lowest BCUT2D eigenvalue weighted by Crippen LogP contribution is -2.18. The molecule has 0 saturated carbocycles. The number of rotatable bonds is 6. The molecule has 0 fully saturated rings. The molecule has 0 aromatic heterocycles. The molecule has 0 bridgehead atoms. The van der Waals surface area contributed by atoms with E-state index in [1.54, 1.807) is 24.3 Å². The fourth-order valence-electron chi connectivity index (χ4n) is 2.81. The predicted molar refractivity (Wildman–Crippen MR) is 113 cm³/mol. The van der Waals surface area contributed by atoms with Crippen molar-refractivity contribution in [2.75, 3.05) is 5.32 Å². The van der Waals surface area contributed by atoms with Gasteiger partial charge in [0, 0.05) is 23.3 Å². The van der Waals surface area contributed by atoms with Gasteiger partial charge in [0.15, 0.2) is 0 Å². The highest BCUT2D eigenvalue weighted by atomic mass is 35.5. The average Bonchev–Trinajstić information content (AvgIpc) is 2.67. The van der Waals surface area contributed by atoms with Gasteiger partial charge >= 0.3 is 0 Å². The van der Waals surface area contributed by atoms with Gasteiger partial charge in [0.25, 0.3) is 5.91 Å². The summed E-state index contributed by atoms with van der Waals surface area (Å²) in [6, 6.07) is 22.6. The molecule has 0 heterocycles. The summed E-state index contributed by atoms with van der Waals surface area (Å²) in [7, 11) is 0. The summed E-state index contributed by atoms with van der Waals surface area (Å²) in [6.45, 7) is 2.73. The number of carbonyl (C=O) groups excluding carboxylic acids is 1. The first kappa shape index (κ1) is 19.4. The summed E-state index contributed by atoms with van der Waals surface area (Å²) in [6.07, 6.45) is 0. The van der Waals surface area contributed by atoms with Gasteiger partial charge in [-0.2, -0.15) is 0 Å². The second-order valence-electron chi connectivity index (χ2n) is 6.26. The summed E-state index contributed by atoms with van der Waals surface area (Å²) in [5.74, 6) is -0.227. The molecule has 0 unspecified atom stereocenters. The summed E-state index contributed by atoms with van der Waals surface area (Å²) >= 11 is 12.3. The lowest BCUT2D eigenvalue weighted by Gasteiger charge is -2.16. The van der Waals surface area contributed by atoms with Gasteiger partial charge in [-0.3, -0.25) is 4.79 Å². The molecule has 1 atom stereocenters. The SMILES string of the molecule is C[C@H](NCc1cccc(NC(=O)c2ccccc2Cl)c1)c1ccccc1Cl. The molecule has 27 heavy (non-hydrogen) atoms. The number of hydrogen-bond donors (Lipinski definition) is 2. The molecule has 2 N–H and O–H groups in total. The third-order valence-electron chi connectivity index (χ3n) is 4.29. The Bertz CT molecular complexity index is 943. The second kappa shape index (κ2) is 9.05. The van der Waals surface area contributed by atoms with Crippen LogP contribution in [0.4, 0.5) is 5.69 Å². The Morgan fingerprint density at radius 3 is 2.37 bits per heavy atom. The van der Waals surface area contributed by atoms with Crippen LogP contribution in [-0.4, -0.2) is 5.91 Å². The van der Waals surface area contributed by atoms with E-state index in [9.17, 15) is 4.79 Å². The number of nitrogens with one attached hydrogen (secondary N) is 2. The van der Waals surface area contributed by atoms with E-state index in [1.165, 1.54) is 0 Å². The van der Waals surface area contributed by atoms with Crippen molar-refractivity contribution in [2.24, 2.45) is 0 Å². The number of halogens is 2. The van der Waals surface area contributed by atoms with E-state index in [0.717, 1.165) is 21.8 Å². The molecular weight excluding hydrogens is 379 g/mol. The van der Waals surface area contributed by atoms with E-state index in [-0.39, 0.29) is 11.9 Å². The Morgan fingerprint density at radius 2 is 1.63 bits per heavy atom. The van der Waals surface area contributed by atoms with Gasteiger partial charge in [-0.25, -0.2) is 0 Å². The highest BCUT2D eigenvalue weighted by Crippen LogP contribution is 2.23. The van der Waals surface area contributed by atoms with Crippen molar-refractivity contribution < 1.29 is 4.79 Å². The Kier molecular flexibility index (Phi) is 6.51. The summed E-state index contributed by atoms with van der Waals surface area (Å²) in [4.78, 5) is 12.4. The zero-order chi connectivity index (χ0) is 19.2. The maximum Gasteiger partial charge on any atom is 0.257 e. The van der Waals surface area contributed by atoms with Gasteiger partial charge in [0.05, 0.1) is 10.6 Å². The number of anilines is 1. The molecular formula is C22H20Cl2N2O. The Labute approximate surface area is 169 Å². The lowest BCUT2D eigenvalue weighted by molar-refractivity contribution is 0.102. The molecule has 0 aliphatic rings. The zero-order valence-electron chi connectivity index (χ0n) is 14.9.